The van der Waals surface area contributed by atoms with E-state index in [1.807, 2.05) is 37.3 Å². The number of nitrogens with zero attached hydrogens (tertiary/aromatic N) is 4. The lowest BCUT2D eigenvalue weighted by Gasteiger charge is -2.43. The first-order valence-corrected chi connectivity index (χ1v) is 12.1. The van der Waals surface area contributed by atoms with E-state index in [4.69, 9.17) is 17.0 Å². The number of amides is 2. The second-order valence-corrected chi connectivity index (χ2v) is 9.73. The number of aryl methyl sites for hydroxylation is 1. The highest BCUT2D eigenvalue weighted by Crippen LogP contribution is 2.41. The van der Waals surface area contributed by atoms with E-state index in [-0.39, 0.29) is 11.7 Å². The number of thiocarbonyl (C=S) groups is 1. The van der Waals surface area contributed by atoms with Gasteiger partial charge in [-0.25, -0.2) is 4.90 Å². The van der Waals surface area contributed by atoms with Gasteiger partial charge in [0.1, 0.15) is 5.75 Å². The fraction of sp³-hybridized carbons (Fsp3) is 0.423. The van der Waals surface area contributed by atoms with Crippen LogP contribution < -0.4 is 19.4 Å². The van der Waals surface area contributed by atoms with Gasteiger partial charge in [-0.2, -0.15) is 0 Å². The van der Waals surface area contributed by atoms with Gasteiger partial charge in [0, 0.05) is 25.2 Å². The van der Waals surface area contributed by atoms with Gasteiger partial charge in [-0.1, -0.05) is 12.1 Å². The number of anilines is 3. The molecule has 1 fully saturated rings. The molecule has 0 N–H and O–H groups in total. The van der Waals surface area contributed by atoms with E-state index in [9.17, 15) is 9.59 Å². The Balaban J connectivity index is 1.71. The zero-order valence-corrected chi connectivity index (χ0v) is 21.5. The fourth-order valence-electron chi connectivity index (χ4n) is 4.67. The number of fused-ring (bicyclic) bond motifs is 1. The first-order chi connectivity index (χ1) is 16.1. The molecule has 2 aromatic carbocycles. The molecule has 8 heteroatoms. The van der Waals surface area contributed by atoms with E-state index in [0.717, 1.165) is 41.3 Å². The van der Waals surface area contributed by atoms with Gasteiger partial charge in [0.25, 0.3) is 0 Å². The molecular formula is C26H32N4O3S. The highest BCUT2D eigenvalue weighted by molar-refractivity contribution is 7.80. The lowest BCUT2D eigenvalue weighted by atomic mass is 10.0. The Hall–Kier alpha value is -3.13. The normalized spacial score (nSPS) is 16.3. The summed E-state index contributed by atoms with van der Waals surface area (Å²) in [7, 11) is 1.60. The van der Waals surface area contributed by atoms with Crippen LogP contribution in [0.2, 0.25) is 0 Å². The minimum atomic E-state index is -0.616. The lowest BCUT2D eigenvalue weighted by molar-refractivity contribution is -0.139. The molecule has 0 radical (unpaired) electrons. The van der Waals surface area contributed by atoms with Crippen molar-refractivity contribution in [3.63, 3.8) is 0 Å². The van der Waals surface area contributed by atoms with Crippen LogP contribution >= 0.6 is 12.2 Å². The summed E-state index contributed by atoms with van der Waals surface area (Å²) in [6.45, 7) is 12.7. The molecule has 0 aliphatic carbocycles. The highest BCUT2D eigenvalue weighted by atomic mass is 32.1. The van der Waals surface area contributed by atoms with Gasteiger partial charge in [0.15, 0.2) is 5.11 Å². The summed E-state index contributed by atoms with van der Waals surface area (Å²) in [4.78, 5) is 33.6. The van der Waals surface area contributed by atoms with E-state index in [2.05, 4.69) is 43.6 Å². The summed E-state index contributed by atoms with van der Waals surface area (Å²) in [5.41, 5.74) is 4.65. The molecule has 0 saturated carbocycles. The van der Waals surface area contributed by atoms with E-state index >= 15 is 0 Å². The van der Waals surface area contributed by atoms with Crippen molar-refractivity contribution >= 4 is 46.2 Å². The third kappa shape index (κ3) is 4.11. The maximum atomic E-state index is 13.1. The van der Waals surface area contributed by atoms with Crippen molar-refractivity contribution in [3.8, 4) is 5.75 Å². The first-order valence-electron chi connectivity index (χ1n) is 11.6. The Morgan fingerprint density at radius 1 is 0.882 bits per heavy atom. The minimum absolute atomic E-state index is 0.210. The number of ether oxygens (including phenoxy) is 1. The van der Waals surface area contributed by atoms with Gasteiger partial charge in [0.05, 0.1) is 30.7 Å². The van der Waals surface area contributed by atoms with Crippen molar-refractivity contribution in [1.29, 1.82) is 0 Å². The van der Waals surface area contributed by atoms with Crippen LogP contribution in [0.25, 0.3) is 0 Å². The molecule has 7 nitrogen and oxygen atoms in total. The second-order valence-electron chi connectivity index (χ2n) is 9.36. The number of methoxy groups -OCH3 is 1. The van der Waals surface area contributed by atoms with Crippen molar-refractivity contribution in [2.45, 2.75) is 53.2 Å². The molecule has 4 rings (SSSR count). The quantitative estimate of drug-likeness (QED) is 0.458. The molecule has 180 valence electrons. The first kappa shape index (κ1) is 24.0. The fourth-order valence-corrected chi connectivity index (χ4v) is 5.00. The Morgan fingerprint density at radius 3 is 1.97 bits per heavy atom. The average Bonchev–Trinajstić information content (AvgIpc) is 3.01. The van der Waals surface area contributed by atoms with Crippen LogP contribution in [0.5, 0.6) is 5.75 Å². The third-order valence-corrected chi connectivity index (χ3v) is 6.94. The summed E-state index contributed by atoms with van der Waals surface area (Å²) < 4.78 is 5.20. The molecule has 2 aliphatic heterocycles. The van der Waals surface area contributed by atoms with E-state index in [1.54, 1.807) is 7.11 Å². The number of carbonyl (C=O) groups is 2. The molecule has 0 bridgehead atoms. The van der Waals surface area contributed by atoms with Crippen molar-refractivity contribution < 1.29 is 14.3 Å². The maximum Gasteiger partial charge on any atom is 0.323 e. The molecular weight excluding hydrogens is 448 g/mol. The molecule has 2 aliphatic rings. The number of rotatable bonds is 6. The summed E-state index contributed by atoms with van der Waals surface area (Å²) in [6, 6.07) is 12.2. The lowest BCUT2D eigenvalue weighted by Crippen LogP contribution is -2.47. The van der Waals surface area contributed by atoms with Gasteiger partial charge in [0.2, 0.25) is 0 Å². The van der Waals surface area contributed by atoms with Crippen LogP contribution in [-0.4, -0.2) is 54.1 Å². The number of hydrogen-bond donors (Lipinski definition) is 0. The van der Waals surface area contributed by atoms with E-state index < -0.39 is 11.8 Å². The number of benzene rings is 2. The maximum absolute atomic E-state index is 13.1. The Labute approximate surface area is 206 Å². The van der Waals surface area contributed by atoms with Gasteiger partial charge in [-0.3, -0.25) is 14.5 Å². The van der Waals surface area contributed by atoms with Gasteiger partial charge >= 0.3 is 11.8 Å². The molecule has 2 aromatic rings. The Bertz CT molecular complexity index is 1130. The molecule has 0 atom stereocenters. The molecule has 0 unspecified atom stereocenters. The predicted molar refractivity (Wildman–Crippen MR) is 140 cm³/mol. The molecule has 2 heterocycles. The van der Waals surface area contributed by atoms with Crippen LogP contribution in [0, 0.1) is 6.92 Å². The molecule has 0 aromatic heterocycles. The number of carbonyl (C=O) groups excluding carboxylic acids is 2. The summed E-state index contributed by atoms with van der Waals surface area (Å²) in [5, 5.41) is 0.210. The SMILES string of the molecule is COc1ccc(CN2C(=O)C(=O)N(c3cc4c(cc3C)N(C(C)C)CCN4C(C)C)C2=S)cc1. The van der Waals surface area contributed by atoms with Crippen molar-refractivity contribution in [1.82, 2.24) is 4.90 Å². The van der Waals surface area contributed by atoms with E-state index in [0.29, 0.717) is 17.8 Å². The summed E-state index contributed by atoms with van der Waals surface area (Å²) in [6.07, 6.45) is 0. The van der Waals surface area contributed by atoms with Crippen LogP contribution in [0.1, 0.15) is 38.8 Å². The molecule has 1 saturated heterocycles. The van der Waals surface area contributed by atoms with E-state index in [1.165, 1.54) is 9.80 Å². The van der Waals surface area contributed by atoms with Crippen molar-refractivity contribution in [2.24, 2.45) is 0 Å². The zero-order valence-electron chi connectivity index (χ0n) is 20.7. The summed E-state index contributed by atoms with van der Waals surface area (Å²) in [5.74, 6) is -0.497. The average molecular weight is 481 g/mol. The van der Waals surface area contributed by atoms with Crippen LogP contribution in [0.15, 0.2) is 36.4 Å². The molecule has 2 amide bonds. The topological polar surface area (TPSA) is 56.3 Å². The van der Waals surface area contributed by atoms with Gasteiger partial charge in [-0.15, -0.1) is 0 Å². The van der Waals surface area contributed by atoms with Crippen LogP contribution in [0.3, 0.4) is 0 Å². The molecule has 34 heavy (non-hydrogen) atoms. The highest BCUT2D eigenvalue weighted by Gasteiger charge is 2.43. The largest absolute Gasteiger partial charge is 0.497 e. The van der Waals surface area contributed by atoms with Crippen LogP contribution in [-0.2, 0) is 16.1 Å². The standard InChI is InChI=1S/C26H32N4O3S/c1-16(2)27-11-12-28(17(3)4)23-14-21(18(5)13-22(23)27)30-25(32)24(31)29(26(30)34)15-19-7-9-20(33-6)10-8-19/h7-10,13-14,16-17H,11-12,15H2,1-6H3. The van der Waals surface area contributed by atoms with Gasteiger partial charge < -0.3 is 14.5 Å². The Kier molecular flexibility index (Phi) is 6.53. The predicted octanol–water partition coefficient (Wildman–Crippen LogP) is 4.11. The van der Waals surface area contributed by atoms with Crippen molar-refractivity contribution in [2.75, 3.05) is 34.9 Å². The van der Waals surface area contributed by atoms with Crippen LogP contribution in [0.4, 0.5) is 17.1 Å². The minimum Gasteiger partial charge on any atom is -0.497 e. The van der Waals surface area contributed by atoms with Crippen molar-refractivity contribution in [3.05, 3.63) is 47.5 Å². The third-order valence-electron chi connectivity index (χ3n) is 6.53. The molecule has 0 spiro atoms. The zero-order chi connectivity index (χ0) is 24.7. The van der Waals surface area contributed by atoms with Gasteiger partial charge in [-0.05, 0) is 82.2 Å². The smallest absolute Gasteiger partial charge is 0.323 e. The number of hydrogen-bond acceptors (Lipinski definition) is 6. The monoisotopic (exact) mass is 480 g/mol. The summed E-state index contributed by atoms with van der Waals surface area (Å²) >= 11 is 5.67. The Morgan fingerprint density at radius 2 is 1.44 bits per heavy atom. The second kappa shape index (κ2) is 9.25.